The molecular formula is C26H34S2. The largest absolute Gasteiger partial charge is 0.134 e. The molecule has 150 valence electrons. The van der Waals surface area contributed by atoms with Crippen LogP contribution in [0.15, 0.2) is 42.5 Å². The van der Waals surface area contributed by atoms with E-state index >= 15 is 0 Å². The van der Waals surface area contributed by atoms with Crippen molar-refractivity contribution in [1.29, 1.82) is 0 Å². The Balaban J connectivity index is 1.81. The molecular weight excluding hydrogens is 376 g/mol. The normalized spacial score (nSPS) is 22.0. The molecule has 1 fully saturated rings. The number of benzene rings is 2. The van der Waals surface area contributed by atoms with E-state index in [1.54, 1.807) is 11.1 Å². The van der Waals surface area contributed by atoms with Crippen molar-refractivity contribution in [3.05, 3.63) is 70.3 Å². The Kier molecular flexibility index (Phi) is 5.42. The van der Waals surface area contributed by atoms with E-state index in [-0.39, 0.29) is 14.9 Å². The molecule has 0 saturated carbocycles. The lowest BCUT2D eigenvalue weighted by atomic mass is 9.63. The molecule has 0 nitrogen and oxygen atoms in total. The van der Waals surface area contributed by atoms with Crippen LogP contribution in [0.4, 0.5) is 0 Å². The molecule has 0 bridgehead atoms. The lowest BCUT2D eigenvalue weighted by molar-refractivity contribution is 0.331. The predicted molar refractivity (Wildman–Crippen MR) is 128 cm³/mol. The number of hydrogen-bond acceptors (Lipinski definition) is 2. The molecule has 1 heterocycles. The third-order valence-corrected chi connectivity index (χ3v) is 10.3. The van der Waals surface area contributed by atoms with Gasteiger partial charge in [0.1, 0.15) is 4.08 Å². The Morgan fingerprint density at radius 1 is 0.750 bits per heavy atom. The van der Waals surface area contributed by atoms with E-state index in [0.717, 1.165) is 0 Å². The Morgan fingerprint density at radius 3 is 1.93 bits per heavy atom. The van der Waals surface area contributed by atoms with E-state index in [1.165, 1.54) is 53.9 Å². The Morgan fingerprint density at radius 2 is 1.32 bits per heavy atom. The first-order chi connectivity index (χ1) is 13.3. The van der Waals surface area contributed by atoms with Gasteiger partial charge in [0.05, 0.1) is 0 Å². The fraction of sp³-hybridized carbons (Fsp3) is 0.538. The lowest BCUT2D eigenvalue weighted by Gasteiger charge is -2.43. The molecule has 0 aromatic heterocycles. The summed E-state index contributed by atoms with van der Waals surface area (Å²) in [6, 6.07) is 17.0. The zero-order chi connectivity index (χ0) is 20.0. The smallest absolute Gasteiger partial charge is 0.111 e. The van der Waals surface area contributed by atoms with Crippen molar-refractivity contribution in [2.24, 2.45) is 0 Å². The molecule has 2 heteroatoms. The minimum absolute atomic E-state index is 0.0530. The SMILES string of the molecule is CCCc1ccc(C2(c3ccc4c(c3)C(C)(C)CCC4(C)C)SCCS2)cc1. The van der Waals surface area contributed by atoms with Gasteiger partial charge in [-0.3, -0.25) is 0 Å². The van der Waals surface area contributed by atoms with Crippen LogP contribution in [0.1, 0.15) is 81.7 Å². The third-order valence-electron chi connectivity index (χ3n) is 6.80. The first-order valence-electron chi connectivity index (χ1n) is 10.8. The van der Waals surface area contributed by atoms with E-state index in [1.807, 2.05) is 0 Å². The van der Waals surface area contributed by atoms with Gasteiger partial charge >= 0.3 is 0 Å². The summed E-state index contributed by atoms with van der Waals surface area (Å²) in [5, 5.41) is 0. The summed E-state index contributed by atoms with van der Waals surface area (Å²) >= 11 is 4.26. The number of aryl methyl sites for hydroxylation is 1. The summed E-state index contributed by atoms with van der Waals surface area (Å²) in [6.07, 6.45) is 4.94. The van der Waals surface area contributed by atoms with Crippen molar-refractivity contribution < 1.29 is 0 Å². The molecule has 2 aromatic rings. The molecule has 28 heavy (non-hydrogen) atoms. The summed E-state index contributed by atoms with van der Waals surface area (Å²) in [4.78, 5) is 0. The molecule has 0 amide bonds. The molecule has 0 radical (unpaired) electrons. The average Bonchev–Trinajstić information content (AvgIpc) is 3.17. The monoisotopic (exact) mass is 410 g/mol. The Hall–Kier alpha value is -0.860. The first kappa shape index (κ1) is 20.4. The fourth-order valence-electron chi connectivity index (χ4n) is 4.89. The number of thioether (sulfide) groups is 2. The van der Waals surface area contributed by atoms with Crippen LogP contribution in [0.2, 0.25) is 0 Å². The van der Waals surface area contributed by atoms with Gasteiger partial charge < -0.3 is 0 Å². The molecule has 1 aliphatic heterocycles. The van der Waals surface area contributed by atoms with Gasteiger partial charge in [-0.15, -0.1) is 23.5 Å². The molecule has 0 spiro atoms. The highest BCUT2D eigenvalue weighted by Gasteiger charge is 2.42. The molecule has 4 rings (SSSR count). The molecule has 1 aliphatic carbocycles. The quantitative estimate of drug-likeness (QED) is 0.507. The second kappa shape index (κ2) is 7.43. The van der Waals surface area contributed by atoms with Crippen LogP contribution in [-0.2, 0) is 21.3 Å². The highest BCUT2D eigenvalue weighted by atomic mass is 32.2. The zero-order valence-corrected chi connectivity index (χ0v) is 19.7. The standard InChI is InChI=1S/C26H34S2/c1-6-7-19-8-10-20(11-9-19)26(27-16-17-28-26)21-12-13-22-23(18-21)25(4,5)15-14-24(22,2)3/h8-13,18H,6-7,14-17H2,1-5H3. The minimum atomic E-state index is 0.0530. The van der Waals surface area contributed by atoms with Crippen LogP contribution in [-0.4, -0.2) is 11.5 Å². The van der Waals surface area contributed by atoms with E-state index in [0.29, 0.717) is 0 Å². The van der Waals surface area contributed by atoms with Crippen molar-refractivity contribution in [2.45, 2.75) is 75.2 Å². The van der Waals surface area contributed by atoms with Gasteiger partial charge in [-0.2, -0.15) is 0 Å². The van der Waals surface area contributed by atoms with E-state index in [9.17, 15) is 0 Å². The van der Waals surface area contributed by atoms with Crippen molar-refractivity contribution >= 4 is 23.5 Å². The second-order valence-corrected chi connectivity index (χ2v) is 12.7. The molecule has 0 N–H and O–H groups in total. The van der Waals surface area contributed by atoms with Gasteiger partial charge in [-0.1, -0.05) is 83.5 Å². The van der Waals surface area contributed by atoms with Crippen molar-refractivity contribution in [1.82, 2.24) is 0 Å². The Bertz CT molecular complexity index is 839. The summed E-state index contributed by atoms with van der Waals surface area (Å²) in [5.41, 5.74) is 8.11. The maximum Gasteiger partial charge on any atom is 0.111 e. The fourth-order valence-corrected chi connectivity index (χ4v) is 8.15. The summed E-state index contributed by atoms with van der Waals surface area (Å²) < 4.78 is 0.0530. The summed E-state index contributed by atoms with van der Waals surface area (Å²) in [7, 11) is 0. The van der Waals surface area contributed by atoms with Gasteiger partial charge in [0.15, 0.2) is 0 Å². The topological polar surface area (TPSA) is 0 Å². The Labute approximate surface area is 180 Å². The minimum Gasteiger partial charge on any atom is -0.134 e. The second-order valence-electron chi connectivity index (χ2n) is 9.79. The number of hydrogen-bond donors (Lipinski definition) is 0. The molecule has 2 aliphatic rings. The van der Waals surface area contributed by atoms with Crippen LogP contribution in [0.3, 0.4) is 0 Å². The van der Waals surface area contributed by atoms with E-state index in [2.05, 4.69) is 101 Å². The molecule has 2 aromatic carbocycles. The van der Waals surface area contributed by atoms with Gasteiger partial charge in [0.25, 0.3) is 0 Å². The highest BCUT2D eigenvalue weighted by Crippen LogP contribution is 2.57. The van der Waals surface area contributed by atoms with Gasteiger partial charge in [0, 0.05) is 11.5 Å². The van der Waals surface area contributed by atoms with E-state index in [4.69, 9.17) is 0 Å². The molecule has 1 saturated heterocycles. The third kappa shape index (κ3) is 3.45. The number of fused-ring (bicyclic) bond motifs is 1. The lowest BCUT2D eigenvalue weighted by Crippen LogP contribution is -2.34. The van der Waals surface area contributed by atoms with Crippen LogP contribution >= 0.6 is 23.5 Å². The molecule has 0 atom stereocenters. The number of rotatable bonds is 4. The van der Waals surface area contributed by atoms with Crippen molar-refractivity contribution in [2.75, 3.05) is 11.5 Å². The summed E-state index contributed by atoms with van der Waals surface area (Å²) in [6.45, 7) is 12.0. The van der Waals surface area contributed by atoms with Gasteiger partial charge in [-0.05, 0) is 57.9 Å². The average molecular weight is 411 g/mol. The van der Waals surface area contributed by atoms with Crippen LogP contribution in [0.5, 0.6) is 0 Å². The highest BCUT2D eigenvalue weighted by molar-refractivity contribution is 8.20. The van der Waals surface area contributed by atoms with Crippen molar-refractivity contribution in [3.8, 4) is 0 Å². The van der Waals surface area contributed by atoms with Crippen LogP contribution < -0.4 is 0 Å². The zero-order valence-electron chi connectivity index (χ0n) is 18.1. The van der Waals surface area contributed by atoms with E-state index < -0.39 is 0 Å². The van der Waals surface area contributed by atoms with Crippen LogP contribution in [0.25, 0.3) is 0 Å². The first-order valence-corrected chi connectivity index (χ1v) is 12.8. The maximum atomic E-state index is 2.57. The van der Waals surface area contributed by atoms with Crippen molar-refractivity contribution in [3.63, 3.8) is 0 Å². The molecule has 0 unspecified atom stereocenters. The van der Waals surface area contributed by atoms with Crippen LogP contribution in [0, 0.1) is 0 Å². The van der Waals surface area contributed by atoms with Gasteiger partial charge in [-0.25, -0.2) is 0 Å². The predicted octanol–water partition coefficient (Wildman–Crippen LogP) is 7.67. The summed E-state index contributed by atoms with van der Waals surface area (Å²) in [5.74, 6) is 2.46. The van der Waals surface area contributed by atoms with Gasteiger partial charge in [0.2, 0.25) is 0 Å². The maximum absolute atomic E-state index is 2.57.